The Morgan fingerprint density at radius 2 is 1.77 bits per heavy atom. The fourth-order valence-corrected chi connectivity index (χ4v) is 3.33. The van der Waals surface area contributed by atoms with Gasteiger partial charge in [0.05, 0.1) is 24.1 Å². The second kappa shape index (κ2) is 7.14. The summed E-state index contributed by atoms with van der Waals surface area (Å²) < 4.78 is 4.21. The van der Waals surface area contributed by atoms with Crippen molar-refractivity contribution in [3.05, 3.63) is 89.1 Å². The first-order chi connectivity index (χ1) is 12.7. The van der Waals surface area contributed by atoms with Crippen molar-refractivity contribution in [3.8, 4) is 0 Å². The van der Waals surface area contributed by atoms with Gasteiger partial charge in [0.1, 0.15) is 5.65 Å². The van der Waals surface area contributed by atoms with Crippen LogP contribution in [-0.2, 0) is 19.6 Å². The van der Waals surface area contributed by atoms with E-state index in [1.807, 2.05) is 36.7 Å². The molecular formula is C21H23N5. The van der Waals surface area contributed by atoms with Crippen LogP contribution >= 0.6 is 0 Å². The van der Waals surface area contributed by atoms with Gasteiger partial charge in [-0.25, -0.2) is 4.98 Å². The highest BCUT2D eigenvalue weighted by Gasteiger charge is 2.12. The minimum absolute atomic E-state index is 0.772. The molecule has 5 nitrogen and oxygen atoms in total. The molecule has 0 spiro atoms. The normalized spacial score (nSPS) is 11.3. The minimum Gasteiger partial charge on any atom is -0.307 e. The van der Waals surface area contributed by atoms with Crippen LogP contribution in [0.15, 0.2) is 60.9 Å². The number of nitrogens with one attached hydrogen (secondary N) is 1. The first-order valence-corrected chi connectivity index (χ1v) is 8.91. The fraction of sp³-hybridized carbons (Fsp3) is 0.238. The van der Waals surface area contributed by atoms with E-state index in [-0.39, 0.29) is 0 Å². The number of benzene rings is 1. The van der Waals surface area contributed by atoms with Gasteiger partial charge in [-0.05, 0) is 31.5 Å². The molecule has 0 atom stereocenters. The van der Waals surface area contributed by atoms with Gasteiger partial charge in [0, 0.05) is 30.5 Å². The molecule has 0 saturated heterocycles. The molecule has 26 heavy (non-hydrogen) atoms. The van der Waals surface area contributed by atoms with Gasteiger partial charge in [-0.15, -0.1) is 0 Å². The maximum absolute atomic E-state index is 4.73. The lowest BCUT2D eigenvalue weighted by Crippen LogP contribution is -2.15. The maximum Gasteiger partial charge on any atom is 0.136 e. The summed E-state index contributed by atoms with van der Waals surface area (Å²) in [6.45, 7) is 6.61. The van der Waals surface area contributed by atoms with Gasteiger partial charge in [-0.3, -0.25) is 4.68 Å². The Labute approximate surface area is 153 Å². The Balaban J connectivity index is 1.45. The Morgan fingerprint density at radius 1 is 0.962 bits per heavy atom. The van der Waals surface area contributed by atoms with Crippen LogP contribution in [0.3, 0.4) is 0 Å². The van der Waals surface area contributed by atoms with Crippen molar-refractivity contribution in [1.29, 1.82) is 0 Å². The van der Waals surface area contributed by atoms with Crippen molar-refractivity contribution in [2.45, 2.75) is 33.5 Å². The van der Waals surface area contributed by atoms with E-state index in [0.29, 0.717) is 0 Å². The molecule has 5 heteroatoms. The molecule has 0 aliphatic heterocycles. The number of rotatable bonds is 6. The quantitative estimate of drug-likeness (QED) is 0.582. The standard InChI is InChI=1S/C21H23N5/c1-16-20(17(2)26(24-16)15-18-8-4-3-5-9-18)14-22-12-19-13-23-21-10-6-7-11-25(19)21/h3-11,13,22H,12,14-15H2,1-2H3. The summed E-state index contributed by atoms with van der Waals surface area (Å²) in [5.74, 6) is 0. The van der Waals surface area contributed by atoms with Gasteiger partial charge in [0.2, 0.25) is 0 Å². The number of nitrogens with zero attached hydrogens (tertiary/aromatic N) is 4. The van der Waals surface area contributed by atoms with Crippen molar-refractivity contribution in [3.63, 3.8) is 0 Å². The van der Waals surface area contributed by atoms with E-state index in [9.17, 15) is 0 Å². The molecule has 0 radical (unpaired) electrons. The van der Waals surface area contributed by atoms with E-state index in [4.69, 9.17) is 5.10 Å². The van der Waals surface area contributed by atoms with Gasteiger partial charge in [0.25, 0.3) is 0 Å². The monoisotopic (exact) mass is 345 g/mol. The van der Waals surface area contributed by atoms with Crippen molar-refractivity contribution in [2.75, 3.05) is 0 Å². The fourth-order valence-electron chi connectivity index (χ4n) is 3.33. The highest BCUT2D eigenvalue weighted by molar-refractivity contribution is 5.39. The van der Waals surface area contributed by atoms with Crippen molar-refractivity contribution in [1.82, 2.24) is 24.5 Å². The highest BCUT2D eigenvalue weighted by Crippen LogP contribution is 2.15. The first-order valence-electron chi connectivity index (χ1n) is 8.91. The molecule has 3 aromatic heterocycles. The van der Waals surface area contributed by atoms with Crippen LogP contribution < -0.4 is 5.32 Å². The lowest BCUT2D eigenvalue weighted by molar-refractivity contribution is 0.650. The van der Waals surface area contributed by atoms with Crippen molar-refractivity contribution >= 4 is 5.65 Å². The van der Waals surface area contributed by atoms with Crippen molar-refractivity contribution < 1.29 is 0 Å². The average molecular weight is 345 g/mol. The van der Waals surface area contributed by atoms with E-state index < -0.39 is 0 Å². The zero-order valence-corrected chi connectivity index (χ0v) is 15.2. The summed E-state index contributed by atoms with van der Waals surface area (Å²) in [5.41, 5.74) is 6.99. The second-order valence-electron chi connectivity index (χ2n) is 6.57. The Hall–Kier alpha value is -2.92. The first kappa shape index (κ1) is 16.5. The van der Waals surface area contributed by atoms with Gasteiger partial charge in [0.15, 0.2) is 0 Å². The molecule has 0 fully saturated rings. The van der Waals surface area contributed by atoms with Gasteiger partial charge < -0.3 is 9.72 Å². The molecule has 1 aromatic carbocycles. The Bertz CT molecular complexity index is 1010. The summed E-state index contributed by atoms with van der Waals surface area (Å²) >= 11 is 0. The van der Waals surface area contributed by atoms with Gasteiger partial charge in [-0.2, -0.15) is 5.10 Å². The van der Waals surface area contributed by atoms with E-state index in [1.54, 1.807) is 0 Å². The average Bonchev–Trinajstić information content (AvgIpc) is 3.19. The molecule has 3 heterocycles. The number of imidazole rings is 1. The largest absolute Gasteiger partial charge is 0.307 e. The number of aryl methyl sites for hydroxylation is 1. The molecule has 4 aromatic rings. The zero-order valence-electron chi connectivity index (χ0n) is 15.2. The Kier molecular flexibility index (Phi) is 4.54. The molecule has 0 saturated carbocycles. The summed E-state index contributed by atoms with van der Waals surface area (Å²) in [4.78, 5) is 4.44. The predicted octanol–water partition coefficient (Wildman–Crippen LogP) is 3.49. The summed E-state index contributed by atoms with van der Waals surface area (Å²) in [6.07, 6.45) is 3.98. The summed E-state index contributed by atoms with van der Waals surface area (Å²) in [7, 11) is 0. The van der Waals surface area contributed by atoms with Gasteiger partial charge in [-0.1, -0.05) is 36.4 Å². The third-order valence-corrected chi connectivity index (χ3v) is 4.81. The molecule has 0 bridgehead atoms. The molecular weight excluding hydrogens is 322 g/mol. The summed E-state index contributed by atoms with van der Waals surface area (Å²) in [5, 5.41) is 8.27. The predicted molar refractivity (Wildman–Crippen MR) is 103 cm³/mol. The number of hydrogen-bond acceptors (Lipinski definition) is 3. The minimum atomic E-state index is 0.772. The van der Waals surface area contributed by atoms with Crippen LogP contribution in [0.4, 0.5) is 0 Å². The second-order valence-corrected chi connectivity index (χ2v) is 6.57. The van der Waals surface area contributed by atoms with E-state index in [0.717, 1.165) is 36.7 Å². The third-order valence-electron chi connectivity index (χ3n) is 4.81. The van der Waals surface area contributed by atoms with E-state index >= 15 is 0 Å². The molecule has 0 aliphatic carbocycles. The number of hydrogen-bond donors (Lipinski definition) is 1. The molecule has 1 N–H and O–H groups in total. The SMILES string of the molecule is Cc1nn(Cc2ccccc2)c(C)c1CNCc1cnc2ccccn12. The molecule has 0 unspecified atom stereocenters. The van der Waals surface area contributed by atoms with Crippen molar-refractivity contribution in [2.24, 2.45) is 0 Å². The van der Waals surface area contributed by atoms with Crippen LogP contribution in [0, 0.1) is 13.8 Å². The van der Waals surface area contributed by atoms with Crippen LogP contribution in [-0.4, -0.2) is 19.2 Å². The third kappa shape index (κ3) is 3.26. The van der Waals surface area contributed by atoms with E-state index in [1.165, 1.54) is 16.8 Å². The highest BCUT2D eigenvalue weighted by atomic mass is 15.3. The lowest BCUT2D eigenvalue weighted by Gasteiger charge is -2.07. The van der Waals surface area contributed by atoms with E-state index in [2.05, 4.69) is 57.5 Å². The molecule has 4 rings (SSSR count). The smallest absolute Gasteiger partial charge is 0.136 e. The molecule has 132 valence electrons. The van der Waals surface area contributed by atoms with Crippen LogP contribution in [0.2, 0.25) is 0 Å². The summed E-state index contributed by atoms with van der Waals surface area (Å²) in [6, 6.07) is 16.5. The molecule has 0 amide bonds. The lowest BCUT2D eigenvalue weighted by atomic mass is 10.2. The maximum atomic E-state index is 4.73. The number of fused-ring (bicyclic) bond motifs is 1. The van der Waals surface area contributed by atoms with Crippen LogP contribution in [0.5, 0.6) is 0 Å². The van der Waals surface area contributed by atoms with Crippen LogP contribution in [0.1, 0.15) is 28.2 Å². The topological polar surface area (TPSA) is 47.2 Å². The number of pyridine rings is 1. The molecule has 0 aliphatic rings. The van der Waals surface area contributed by atoms with Crippen LogP contribution in [0.25, 0.3) is 5.65 Å². The van der Waals surface area contributed by atoms with Gasteiger partial charge >= 0.3 is 0 Å². The Morgan fingerprint density at radius 3 is 2.62 bits per heavy atom. The number of aromatic nitrogens is 4. The zero-order chi connectivity index (χ0) is 17.9.